The highest BCUT2D eigenvalue weighted by Gasteiger charge is 2.11. The third-order valence-corrected chi connectivity index (χ3v) is 3.94. The first kappa shape index (κ1) is 15.4. The van der Waals surface area contributed by atoms with Gasteiger partial charge in [-0.25, -0.2) is 0 Å². The molecule has 4 nitrogen and oxygen atoms in total. The molecular formula is C13H14Cl2N4S. The van der Waals surface area contributed by atoms with Crippen LogP contribution in [0.4, 0.5) is 5.95 Å². The highest BCUT2D eigenvalue weighted by molar-refractivity contribution is 7.99. The first-order valence-electron chi connectivity index (χ1n) is 6.22. The molecule has 7 heteroatoms. The second-order valence-electron chi connectivity index (χ2n) is 3.92. The van der Waals surface area contributed by atoms with Crippen LogP contribution in [0.5, 0.6) is 0 Å². The number of aromatic nitrogens is 3. The van der Waals surface area contributed by atoms with E-state index in [0.29, 0.717) is 16.1 Å². The van der Waals surface area contributed by atoms with Crippen molar-refractivity contribution in [3.8, 4) is 0 Å². The van der Waals surface area contributed by atoms with Gasteiger partial charge in [-0.15, -0.1) is 0 Å². The summed E-state index contributed by atoms with van der Waals surface area (Å²) in [7, 11) is 0. The standard InChI is InChI=1S/C13H14Cl2N4S/c1-3-19(4-2)12-16-11(15)17-13(18-12)20-10-7-5-9(14)6-8-10/h5-8H,3-4H2,1-2H3. The zero-order valence-corrected chi connectivity index (χ0v) is 13.5. The predicted octanol–water partition coefficient (Wildman–Crippen LogP) is 4.18. The van der Waals surface area contributed by atoms with Crippen LogP contribution in [0.3, 0.4) is 0 Å². The minimum Gasteiger partial charge on any atom is -0.341 e. The SMILES string of the molecule is CCN(CC)c1nc(Cl)nc(Sc2ccc(Cl)cc2)n1. The van der Waals surface area contributed by atoms with Gasteiger partial charge in [0.25, 0.3) is 0 Å². The lowest BCUT2D eigenvalue weighted by Crippen LogP contribution is -2.24. The summed E-state index contributed by atoms with van der Waals surface area (Å²) in [6, 6.07) is 7.50. The average Bonchev–Trinajstić information content (AvgIpc) is 2.42. The van der Waals surface area contributed by atoms with Crippen LogP contribution in [0.1, 0.15) is 13.8 Å². The summed E-state index contributed by atoms with van der Waals surface area (Å²) in [5.74, 6) is 0.603. The molecule has 0 saturated heterocycles. The Bertz CT molecular complexity index is 573. The maximum Gasteiger partial charge on any atom is 0.230 e. The molecule has 0 unspecified atom stereocenters. The molecule has 0 bridgehead atoms. The lowest BCUT2D eigenvalue weighted by molar-refractivity contribution is 0.782. The quantitative estimate of drug-likeness (QED) is 0.823. The van der Waals surface area contributed by atoms with Crippen molar-refractivity contribution in [3.63, 3.8) is 0 Å². The third kappa shape index (κ3) is 3.98. The summed E-state index contributed by atoms with van der Waals surface area (Å²) in [4.78, 5) is 15.8. The summed E-state index contributed by atoms with van der Waals surface area (Å²) >= 11 is 13.3. The zero-order valence-electron chi connectivity index (χ0n) is 11.2. The maximum atomic E-state index is 5.98. The number of anilines is 1. The second-order valence-corrected chi connectivity index (χ2v) is 5.73. The fraction of sp³-hybridized carbons (Fsp3) is 0.308. The van der Waals surface area contributed by atoms with E-state index < -0.39 is 0 Å². The lowest BCUT2D eigenvalue weighted by atomic mass is 10.4. The molecule has 2 aromatic rings. The van der Waals surface area contributed by atoms with Crippen LogP contribution in [0.2, 0.25) is 10.3 Å². The Morgan fingerprint density at radius 3 is 2.25 bits per heavy atom. The number of rotatable bonds is 5. The maximum absolute atomic E-state index is 5.98. The lowest BCUT2D eigenvalue weighted by Gasteiger charge is -2.18. The topological polar surface area (TPSA) is 41.9 Å². The van der Waals surface area contributed by atoms with E-state index >= 15 is 0 Å². The van der Waals surface area contributed by atoms with Gasteiger partial charge in [-0.1, -0.05) is 11.6 Å². The minimum absolute atomic E-state index is 0.207. The van der Waals surface area contributed by atoms with Gasteiger partial charge in [0.2, 0.25) is 11.2 Å². The van der Waals surface area contributed by atoms with Crippen molar-refractivity contribution in [2.24, 2.45) is 0 Å². The summed E-state index contributed by atoms with van der Waals surface area (Å²) in [6.45, 7) is 5.74. The Morgan fingerprint density at radius 2 is 1.65 bits per heavy atom. The molecule has 1 heterocycles. The Labute approximate surface area is 132 Å². The van der Waals surface area contributed by atoms with Crippen LogP contribution < -0.4 is 4.90 Å². The van der Waals surface area contributed by atoms with E-state index in [4.69, 9.17) is 23.2 Å². The number of hydrogen-bond donors (Lipinski definition) is 0. The van der Waals surface area contributed by atoms with Crippen LogP contribution in [-0.4, -0.2) is 28.0 Å². The van der Waals surface area contributed by atoms with E-state index in [1.807, 2.05) is 43.0 Å². The van der Waals surface area contributed by atoms with Gasteiger partial charge in [-0.3, -0.25) is 0 Å². The molecule has 0 aliphatic heterocycles. The normalized spacial score (nSPS) is 10.6. The molecule has 0 amide bonds. The Hall–Kier alpha value is -1.04. The molecule has 2 rings (SSSR count). The fourth-order valence-corrected chi connectivity index (χ4v) is 2.70. The molecule has 0 N–H and O–H groups in total. The van der Waals surface area contributed by atoms with Crippen LogP contribution in [0.25, 0.3) is 0 Å². The third-order valence-electron chi connectivity index (χ3n) is 2.64. The molecule has 20 heavy (non-hydrogen) atoms. The fourth-order valence-electron chi connectivity index (χ4n) is 1.62. The van der Waals surface area contributed by atoms with Crippen molar-refractivity contribution < 1.29 is 0 Å². The number of hydrogen-bond acceptors (Lipinski definition) is 5. The van der Waals surface area contributed by atoms with E-state index in [-0.39, 0.29) is 5.28 Å². The predicted molar refractivity (Wildman–Crippen MR) is 84.0 cm³/mol. The van der Waals surface area contributed by atoms with Gasteiger partial charge in [-0.2, -0.15) is 15.0 Å². The van der Waals surface area contributed by atoms with Crippen LogP contribution in [-0.2, 0) is 0 Å². The van der Waals surface area contributed by atoms with Crippen molar-refractivity contribution in [1.82, 2.24) is 15.0 Å². The van der Waals surface area contributed by atoms with Gasteiger partial charge in [0.1, 0.15) is 0 Å². The molecule has 1 aromatic carbocycles. The van der Waals surface area contributed by atoms with E-state index in [0.717, 1.165) is 18.0 Å². The Morgan fingerprint density at radius 1 is 1.00 bits per heavy atom. The zero-order chi connectivity index (χ0) is 14.5. The molecule has 1 aromatic heterocycles. The average molecular weight is 329 g/mol. The number of benzene rings is 1. The van der Waals surface area contributed by atoms with Gasteiger partial charge in [-0.05, 0) is 61.5 Å². The van der Waals surface area contributed by atoms with Crippen LogP contribution >= 0.6 is 35.0 Å². The molecular weight excluding hydrogens is 315 g/mol. The molecule has 0 spiro atoms. The van der Waals surface area contributed by atoms with Gasteiger partial charge >= 0.3 is 0 Å². The number of nitrogens with zero attached hydrogens (tertiary/aromatic N) is 4. The molecule has 0 radical (unpaired) electrons. The van der Waals surface area contributed by atoms with Crippen molar-refractivity contribution in [1.29, 1.82) is 0 Å². The summed E-state index contributed by atoms with van der Waals surface area (Å²) in [6.07, 6.45) is 0. The highest BCUT2D eigenvalue weighted by atomic mass is 35.5. The minimum atomic E-state index is 0.207. The van der Waals surface area contributed by atoms with E-state index in [1.165, 1.54) is 11.8 Å². The summed E-state index contributed by atoms with van der Waals surface area (Å²) in [5, 5.41) is 1.49. The van der Waals surface area contributed by atoms with Crippen molar-refractivity contribution in [2.75, 3.05) is 18.0 Å². The molecule has 0 saturated carbocycles. The molecule has 106 valence electrons. The first-order chi connectivity index (χ1) is 9.62. The monoisotopic (exact) mass is 328 g/mol. The summed E-state index contributed by atoms with van der Waals surface area (Å²) in [5.41, 5.74) is 0. The van der Waals surface area contributed by atoms with Gasteiger partial charge in [0.15, 0.2) is 5.16 Å². The van der Waals surface area contributed by atoms with Crippen molar-refractivity contribution in [2.45, 2.75) is 23.9 Å². The van der Waals surface area contributed by atoms with E-state index in [2.05, 4.69) is 15.0 Å². The van der Waals surface area contributed by atoms with E-state index in [1.54, 1.807) is 0 Å². The van der Waals surface area contributed by atoms with Crippen LogP contribution in [0, 0.1) is 0 Å². The summed E-state index contributed by atoms with van der Waals surface area (Å²) < 4.78 is 0. The van der Waals surface area contributed by atoms with Gasteiger partial charge < -0.3 is 4.90 Å². The Kier molecular flexibility index (Phi) is 5.46. The molecule has 0 aliphatic rings. The smallest absolute Gasteiger partial charge is 0.230 e. The largest absolute Gasteiger partial charge is 0.341 e. The van der Waals surface area contributed by atoms with Crippen LogP contribution in [0.15, 0.2) is 34.3 Å². The second kappa shape index (κ2) is 7.11. The van der Waals surface area contributed by atoms with Crippen molar-refractivity contribution in [3.05, 3.63) is 34.6 Å². The molecule has 0 aliphatic carbocycles. The Balaban J connectivity index is 2.25. The highest BCUT2D eigenvalue weighted by Crippen LogP contribution is 2.27. The molecule has 0 fully saturated rings. The van der Waals surface area contributed by atoms with Crippen molar-refractivity contribution >= 4 is 40.9 Å². The molecule has 0 atom stereocenters. The first-order valence-corrected chi connectivity index (χ1v) is 7.79. The van der Waals surface area contributed by atoms with Gasteiger partial charge in [0, 0.05) is 23.0 Å². The van der Waals surface area contributed by atoms with Gasteiger partial charge in [0.05, 0.1) is 0 Å². The van der Waals surface area contributed by atoms with E-state index in [9.17, 15) is 0 Å². The number of halogens is 2.